The minimum Gasteiger partial charge on any atom is -0.366 e. The van der Waals surface area contributed by atoms with Gasteiger partial charge in [0.25, 0.3) is 0 Å². The van der Waals surface area contributed by atoms with Crippen LogP contribution in [0.1, 0.15) is 28.4 Å². The van der Waals surface area contributed by atoms with E-state index in [0.29, 0.717) is 6.04 Å². The fourth-order valence-electron chi connectivity index (χ4n) is 2.75. The number of hydrogen-bond acceptors (Lipinski definition) is 6. The maximum Gasteiger partial charge on any atom is 0.148 e. The van der Waals surface area contributed by atoms with Crippen LogP contribution in [0, 0.1) is 13.8 Å². The fraction of sp³-hybridized carbons (Fsp3) is 0.533. The molecule has 21 heavy (non-hydrogen) atoms. The van der Waals surface area contributed by atoms with Crippen molar-refractivity contribution in [2.45, 2.75) is 39.3 Å². The molecule has 0 aromatic carbocycles. The molecule has 1 aliphatic rings. The van der Waals surface area contributed by atoms with Crippen molar-refractivity contribution in [3.8, 4) is 0 Å². The van der Waals surface area contributed by atoms with Gasteiger partial charge in [-0.05, 0) is 38.8 Å². The highest BCUT2D eigenvalue weighted by Crippen LogP contribution is 2.22. The lowest BCUT2D eigenvalue weighted by Gasteiger charge is -2.32. The molecular formula is C15H21N5S. The molecular weight excluding hydrogens is 282 g/mol. The van der Waals surface area contributed by atoms with Crippen molar-refractivity contribution in [3.05, 3.63) is 33.9 Å². The van der Waals surface area contributed by atoms with Crippen LogP contribution in [0.25, 0.3) is 0 Å². The first-order chi connectivity index (χ1) is 10.2. The summed E-state index contributed by atoms with van der Waals surface area (Å²) in [6.07, 6.45) is 3.99. The predicted molar refractivity (Wildman–Crippen MR) is 85.5 cm³/mol. The second-order valence-corrected chi connectivity index (χ2v) is 6.83. The predicted octanol–water partition coefficient (Wildman–Crippen LogP) is 2.63. The Morgan fingerprint density at radius 1 is 1.33 bits per heavy atom. The van der Waals surface area contributed by atoms with Crippen LogP contribution >= 0.6 is 11.3 Å². The van der Waals surface area contributed by atoms with Gasteiger partial charge in [0.05, 0.1) is 10.7 Å². The zero-order valence-corrected chi connectivity index (χ0v) is 13.4. The number of thiazole rings is 1. The molecule has 0 spiro atoms. The smallest absolute Gasteiger partial charge is 0.148 e. The third-order valence-corrected chi connectivity index (χ3v) is 4.94. The van der Waals surface area contributed by atoms with Gasteiger partial charge in [0.15, 0.2) is 0 Å². The van der Waals surface area contributed by atoms with Gasteiger partial charge in [-0.2, -0.15) is 5.10 Å². The highest BCUT2D eigenvalue weighted by molar-refractivity contribution is 7.11. The zero-order chi connectivity index (χ0) is 14.7. The standard InChI is InChI=1S/C15H21N5S/c1-11-14(21-12(2)17-11)10-20-8-5-13(6-9-20)18-15-4-3-7-16-19-15/h3-4,7,13H,5-6,8-10H2,1-2H3,(H,18,19). The van der Waals surface area contributed by atoms with Gasteiger partial charge in [-0.25, -0.2) is 4.98 Å². The van der Waals surface area contributed by atoms with E-state index in [0.717, 1.165) is 38.3 Å². The van der Waals surface area contributed by atoms with Gasteiger partial charge in [-0.15, -0.1) is 16.4 Å². The summed E-state index contributed by atoms with van der Waals surface area (Å²) in [5.74, 6) is 0.880. The Bertz CT molecular complexity index is 575. The number of piperidine rings is 1. The molecule has 0 unspecified atom stereocenters. The molecule has 0 aliphatic carbocycles. The fourth-order valence-corrected chi connectivity index (χ4v) is 3.73. The highest BCUT2D eigenvalue weighted by Gasteiger charge is 2.20. The number of aryl methyl sites for hydroxylation is 2. The Labute approximate surface area is 129 Å². The number of hydrogen-bond donors (Lipinski definition) is 1. The summed E-state index contributed by atoms with van der Waals surface area (Å²) in [5, 5.41) is 12.6. The Morgan fingerprint density at radius 3 is 2.76 bits per heavy atom. The van der Waals surface area contributed by atoms with Crippen molar-refractivity contribution in [1.29, 1.82) is 0 Å². The highest BCUT2D eigenvalue weighted by atomic mass is 32.1. The van der Waals surface area contributed by atoms with Gasteiger partial charge in [0.2, 0.25) is 0 Å². The van der Waals surface area contributed by atoms with Gasteiger partial charge in [0, 0.05) is 36.8 Å². The quantitative estimate of drug-likeness (QED) is 0.941. The molecule has 0 atom stereocenters. The molecule has 0 saturated carbocycles. The topological polar surface area (TPSA) is 53.9 Å². The van der Waals surface area contributed by atoms with E-state index >= 15 is 0 Å². The van der Waals surface area contributed by atoms with Gasteiger partial charge in [-0.1, -0.05) is 0 Å². The Morgan fingerprint density at radius 2 is 2.14 bits per heavy atom. The first-order valence-corrected chi connectivity index (χ1v) is 8.22. The third kappa shape index (κ3) is 3.77. The van der Waals surface area contributed by atoms with E-state index in [1.165, 1.54) is 15.6 Å². The van der Waals surface area contributed by atoms with Crippen LogP contribution in [0.3, 0.4) is 0 Å². The summed E-state index contributed by atoms with van der Waals surface area (Å²) in [7, 11) is 0. The SMILES string of the molecule is Cc1nc(C)c(CN2CCC(Nc3cccnn3)CC2)s1. The van der Waals surface area contributed by atoms with Crippen molar-refractivity contribution in [3.63, 3.8) is 0 Å². The molecule has 2 aromatic heterocycles. The van der Waals surface area contributed by atoms with Crippen LogP contribution in [0.2, 0.25) is 0 Å². The minimum absolute atomic E-state index is 0.502. The van der Waals surface area contributed by atoms with E-state index in [-0.39, 0.29) is 0 Å². The van der Waals surface area contributed by atoms with E-state index in [1.807, 2.05) is 23.5 Å². The molecule has 3 heterocycles. The number of nitrogens with one attached hydrogen (secondary N) is 1. The third-order valence-electron chi connectivity index (χ3n) is 3.88. The molecule has 0 radical (unpaired) electrons. The van der Waals surface area contributed by atoms with Crippen LogP contribution in [-0.2, 0) is 6.54 Å². The summed E-state index contributed by atoms with van der Waals surface area (Å²) in [4.78, 5) is 8.44. The van der Waals surface area contributed by atoms with E-state index < -0.39 is 0 Å². The first kappa shape index (κ1) is 14.4. The lowest BCUT2D eigenvalue weighted by molar-refractivity contribution is 0.212. The summed E-state index contributed by atoms with van der Waals surface area (Å²) in [6.45, 7) is 7.47. The van der Waals surface area contributed by atoms with Crippen molar-refractivity contribution in [1.82, 2.24) is 20.1 Å². The molecule has 1 saturated heterocycles. The number of nitrogens with zero attached hydrogens (tertiary/aromatic N) is 4. The molecule has 112 valence electrons. The van der Waals surface area contributed by atoms with E-state index in [4.69, 9.17) is 0 Å². The van der Waals surface area contributed by atoms with Gasteiger partial charge in [0.1, 0.15) is 5.82 Å². The van der Waals surface area contributed by atoms with Gasteiger partial charge < -0.3 is 5.32 Å². The number of anilines is 1. The Balaban J connectivity index is 1.50. The summed E-state index contributed by atoms with van der Waals surface area (Å²) in [5.41, 5.74) is 1.19. The van der Waals surface area contributed by atoms with Crippen LogP contribution in [0.15, 0.2) is 18.3 Å². The molecule has 2 aromatic rings. The summed E-state index contributed by atoms with van der Waals surface area (Å²) < 4.78 is 0. The van der Waals surface area contributed by atoms with E-state index in [2.05, 4.69) is 39.2 Å². The van der Waals surface area contributed by atoms with Crippen molar-refractivity contribution >= 4 is 17.2 Å². The van der Waals surface area contributed by atoms with Crippen LogP contribution in [0.5, 0.6) is 0 Å². The van der Waals surface area contributed by atoms with Crippen LogP contribution in [-0.4, -0.2) is 39.2 Å². The lowest BCUT2D eigenvalue weighted by Crippen LogP contribution is -2.38. The normalized spacial score (nSPS) is 17.0. The van der Waals surface area contributed by atoms with Gasteiger partial charge in [-0.3, -0.25) is 4.90 Å². The average Bonchev–Trinajstić information content (AvgIpc) is 2.80. The van der Waals surface area contributed by atoms with Crippen LogP contribution in [0.4, 0.5) is 5.82 Å². The molecule has 1 N–H and O–H groups in total. The maximum atomic E-state index is 4.51. The van der Waals surface area contributed by atoms with Crippen molar-refractivity contribution in [2.75, 3.05) is 18.4 Å². The second kappa shape index (κ2) is 6.49. The molecule has 0 amide bonds. The van der Waals surface area contributed by atoms with Crippen molar-refractivity contribution in [2.24, 2.45) is 0 Å². The Hall–Kier alpha value is -1.53. The molecule has 1 aliphatic heterocycles. The number of rotatable bonds is 4. The summed E-state index contributed by atoms with van der Waals surface area (Å²) >= 11 is 1.82. The number of likely N-dealkylation sites (tertiary alicyclic amines) is 1. The van der Waals surface area contributed by atoms with E-state index in [1.54, 1.807) is 6.20 Å². The molecule has 6 heteroatoms. The van der Waals surface area contributed by atoms with E-state index in [9.17, 15) is 0 Å². The number of aromatic nitrogens is 3. The van der Waals surface area contributed by atoms with Gasteiger partial charge >= 0.3 is 0 Å². The molecule has 5 nitrogen and oxygen atoms in total. The Kier molecular flexibility index (Phi) is 4.45. The second-order valence-electron chi connectivity index (χ2n) is 5.55. The van der Waals surface area contributed by atoms with Crippen molar-refractivity contribution < 1.29 is 0 Å². The molecule has 3 rings (SSSR count). The monoisotopic (exact) mass is 303 g/mol. The first-order valence-electron chi connectivity index (χ1n) is 7.40. The molecule has 0 bridgehead atoms. The molecule has 1 fully saturated rings. The average molecular weight is 303 g/mol. The lowest BCUT2D eigenvalue weighted by atomic mass is 10.0. The maximum absolute atomic E-state index is 4.51. The largest absolute Gasteiger partial charge is 0.366 e. The van der Waals surface area contributed by atoms with Crippen LogP contribution < -0.4 is 5.32 Å². The zero-order valence-electron chi connectivity index (χ0n) is 12.5. The summed E-state index contributed by atoms with van der Waals surface area (Å²) in [6, 6.07) is 4.39. The minimum atomic E-state index is 0.502.